The number of halogens is 5. The highest BCUT2D eigenvalue weighted by Crippen LogP contribution is 2.29. The molecule has 1 fully saturated rings. The fraction of sp³-hybridized carbons (Fsp3) is 0.381. The number of nitrogens with one attached hydrogen (secondary N) is 1. The molecule has 0 bridgehead atoms. The summed E-state index contributed by atoms with van der Waals surface area (Å²) in [6.07, 6.45) is -4.50. The molecular formula is C21H19ClF4N6O. The summed E-state index contributed by atoms with van der Waals surface area (Å²) in [6.45, 7) is -1.64. The van der Waals surface area contributed by atoms with E-state index in [2.05, 4.69) is 10.3 Å². The van der Waals surface area contributed by atoms with Gasteiger partial charge < -0.3 is 5.32 Å². The topological polar surface area (TPSA) is 78.9 Å². The molecule has 3 aromatic rings. The van der Waals surface area contributed by atoms with Gasteiger partial charge in [0.1, 0.15) is 23.0 Å². The predicted molar refractivity (Wildman–Crippen MR) is 115 cm³/mol. The van der Waals surface area contributed by atoms with Gasteiger partial charge in [-0.3, -0.25) is 14.0 Å². The fourth-order valence-electron chi connectivity index (χ4n) is 4.21. The number of alkyl halides is 4. The van der Waals surface area contributed by atoms with E-state index in [1.807, 2.05) is 6.07 Å². The maximum Gasteiger partial charge on any atom is 0.401 e. The molecule has 1 aliphatic rings. The van der Waals surface area contributed by atoms with E-state index in [0.717, 1.165) is 4.90 Å². The molecule has 12 heteroatoms. The molecule has 1 saturated heterocycles. The van der Waals surface area contributed by atoms with Crippen LogP contribution in [-0.2, 0) is 13.6 Å². The molecule has 174 valence electrons. The van der Waals surface area contributed by atoms with Crippen molar-refractivity contribution in [2.45, 2.75) is 31.4 Å². The Hall–Kier alpha value is -3.10. The van der Waals surface area contributed by atoms with Crippen molar-refractivity contribution in [2.75, 3.05) is 18.4 Å². The molecule has 0 spiro atoms. The number of nitriles is 1. The number of likely N-dealkylation sites (tertiary alicyclic amines) is 1. The lowest BCUT2D eigenvalue weighted by atomic mass is 10.2. The average molecular weight is 483 g/mol. The van der Waals surface area contributed by atoms with E-state index in [4.69, 9.17) is 11.6 Å². The molecule has 1 N–H and O–H groups in total. The van der Waals surface area contributed by atoms with Crippen molar-refractivity contribution in [1.29, 1.82) is 5.26 Å². The van der Waals surface area contributed by atoms with Gasteiger partial charge in [-0.15, -0.1) is 0 Å². The zero-order chi connectivity index (χ0) is 23.9. The number of hydrogen-bond acceptors (Lipinski definition) is 5. The molecule has 0 unspecified atom stereocenters. The molecule has 1 aromatic carbocycles. The first-order chi connectivity index (χ1) is 15.6. The molecule has 0 radical (unpaired) electrons. The molecule has 2 aromatic heterocycles. The van der Waals surface area contributed by atoms with Crippen LogP contribution in [0.4, 0.5) is 28.9 Å². The molecule has 7 nitrogen and oxygen atoms in total. The minimum Gasteiger partial charge on any atom is -0.354 e. The van der Waals surface area contributed by atoms with Gasteiger partial charge in [0, 0.05) is 38.1 Å². The Morgan fingerprint density at radius 1 is 1.30 bits per heavy atom. The van der Waals surface area contributed by atoms with Gasteiger partial charge in [0.15, 0.2) is 0 Å². The molecule has 0 amide bonds. The Morgan fingerprint density at radius 2 is 2.06 bits per heavy atom. The number of rotatable bonds is 5. The van der Waals surface area contributed by atoms with Crippen molar-refractivity contribution in [3.05, 3.63) is 51.7 Å². The van der Waals surface area contributed by atoms with E-state index >= 15 is 0 Å². The minimum atomic E-state index is -4.46. The lowest BCUT2D eigenvalue weighted by molar-refractivity contribution is -0.148. The summed E-state index contributed by atoms with van der Waals surface area (Å²) in [4.78, 5) is 17.8. The summed E-state index contributed by atoms with van der Waals surface area (Å²) in [5.74, 6) is 0. The number of imidazole rings is 1. The van der Waals surface area contributed by atoms with E-state index in [0.29, 0.717) is 22.4 Å². The zero-order valence-corrected chi connectivity index (χ0v) is 18.2. The van der Waals surface area contributed by atoms with Crippen LogP contribution in [0, 0.1) is 11.3 Å². The third kappa shape index (κ3) is 4.67. The Morgan fingerprint density at radius 3 is 2.76 bits per heavy atom. The van der Waals surface area contributed by atoms with E-state index in [1.54, 1.807) is 31.3 Å². The van der Waals surface area contributed by atoms with Crippen molar-refractivity contribution >= 4 is 34.0 Å². The third-order valence-corrected chi connectivity index (χ3v) is 5.98. The molecule has 0 saturated carbocycles. The second-order valence-electron chi connectivity index (χ2n) is 7.95. The van der Waals surface area contributed by atoms with Crippen LogP contribution in [0.3, 0.4) is 0 Å². The van der Waals surface area contributed by atoms with E-state index < -0.39 is 30.6 Å². The van der Waals surface area contributed by atoms with Crippen molar-refractivity contribution in [3.8, 4) is 6.07 Å². The van der Waals surface area contributed by atoms with Gasteiger partial charge in [-0.05, 0) is 30.7 Å². The van der Waals surface area contributed by atoms with Crippen LogP contribution in [-0.4, -0.2) is 50.5 Å². The SMILES string of the molecule is Cn1c(=O)n(C[C@H]2C[C@H](F)CN2CC(F)(F)F)c2cc(Nc3ccnc(Cl)c3C#N)ccc21. The lowest BCUT2D eigenvalue weighted by Crippen LogP contribution is -2.41. The zero-order valence-electron chi connectivity index (χ0n) is 17.4. The van der Waals surface area contributed by atoms with E-state index in [-0.39, 0.29) is 30.2 Å². The van der Waals surface area contributed by atoms with E-state index in [9.17, 15) is 27.6 Å². The van der Waals surface area contributed by atoms with Crippen molar-refractivity contribution in [2.24, 2.45) is 7.05 Å². The Balaban J connectivity index is 1.69. The van der Waals surface area contributed by atoms with Crippen LogP contribution in [0.15, 0.2) is 35.3 Å². The second kappa shape index (κ2) is 8.68. The number of pyridine rings is 1. The summed E-state index contributed by atoms with van der Waals surface area (Å²) in [6, 6.07) is 7.81. The van der Waals surface area contributed by atoms with Crippen molar-refractivity contribution in [3.63, 3.8) is 0 Å². The van der Waals surface area contributed by atoms with Crippen molar-refractivity contribution in [1.82, 2.24) is 19.0 Å². The van der Waals surface area contributed by atoms with Crippen LogP contribution in [0.25, 0.3) is 11.0 Å². The Labute approximate surface area is 190 Å². The summed E-state index contributed by atoms with van der Waals surface area (Å²) < 4.78 is 55.6. The Kier molecular flexibility index (Phi) is 6.07. The maximum atomic E-state index is 14.0. The van der Waals surface area contributed by atoms with Gasteiger partial charge in [-0.2, -0.15) is 18.4 Å². The maximum absolute atomic E-state index is 14.0. The number of benzene rings is 1. The van der Waals surface area contributed by atoms with Gasteiger partial charge >= 0.3 is 11.9 Å². The highest BCUT2D eigenvalue weighted by molar-refractivity contribution is 6.31. The molecule has 1 aliphatic heterocycles. The number of anilines is 2. The number of nitrogens with zero attached hydrogens (tertiary/aromatic N) is 5. The summed E-state index contributed by atoms with van der Waals surface area (Å²) in [5, 5.41) is 12.4. The molecule has 33 heavy (non-hydrogen) atoms. The lowest BCUT2D eigenvalue weighted by Gasteiger charge is -2.25. The van der Waals surface area contributed by atoms with Gasteiger partial charge in [-0.1, -0.05) is 11.6 Å². The Bertz CT molecular complexity index is 1290. The smallest absolute Gasteiger partial charge is 0.354 e. The first-order valence-corrected chi connectivity index (χ1v) is 10.4. The fourth-order valence-corrected chi connectivity index (χ4v) is 4.41. The van der Waals surface area contributed by atoms with Crippen LogP contribution in [0.2, 0.25) is 5.15 Å². The quantitative estimate of drug-likeness (QED) is 0.439. The average Bonchev–Trinajstić information content (AvgIpc) is 3.18. The highest BCUT2D eigenvalue weighted by atomic mass is 35.5. The third-order valence-electron chi connectivity index (χ3n) is 5.69. The van der Waals surface area contributed by atoms with Gasteiger partial charge in [0.05, 0.1) is 23.3 Å². The van der Waals surface area contributed by atoms with Crippen molar-refractivity contribution < 1.29 is 17.6 Å². The number of aryl methyl sites for hydroxylation is 1. The molecule has 3 heterocycles. The summed E-state index contributed by atoms with van der Waals surface area (Å²) >= 11 is 5.97. The van der Waals surface area contributed by atoms with Crippen LogP contribution in [0.1, 0.15) is 12.0 Å². The van der Waals surface area contributed by atoms with Gasteiger partial charge in [0.2, 0.25) is 0 Å². The first-order valence-electron chi connectivity index (χ1n) is 10.0. The number of aromatic nitrogens is 3. The number of fused-ring (bicyclic) bond motifs is 1. The molecule has 4 rings (SSSR count). The summed E-state index contributed by atoms with van der Waals surface area (Å²) in [5.41, 5.74) is 1.71. The highest BCUT2D eigenvalue weighted by Gasteiger charge is 2.40. The summed E-state index contributed by atoms with van der Waals surface area (Å²) in [7, 11) is 1.56. The molecule has 0 aliphatic carbocycles. The van der Waals surface area contributed by atoms with Crippen LogP contribution >= 0.6 is 11.6 Å². The standard InChI is InChI=1S/C21H19ClF4N6O/c1-30-17-3-2-13(29-16-4-5-28-19(22)15(16)8-27)7-18(17)32(20(30)33)10-14-6-12(23)9-31(14)11-21(24,25)26/h2-5,7,12,14H,6,9-11H2,1H3,(H,28,29)/t12-,14+/m0/s1. The normalized spacial score (nSPS) is 19.2. The second-order valence-corrected chi connectivity index (χ2v) is 8.31. The van der Waals surface area contributed by atoms with Crippen LogP contribution in [0.5, 0.6) is 0 Å². The van der Waals surface area contributed by atoms with E-state index in [1.165, 1.54) is 15.3 Å². The molecular weight excluding hydrogens is 464 g/mol. The molecule has 2 atom stereocenters. The number of hydrogen-bond donors (Lipinski definition) is 1. The first kappa shape index (κ1) is 23.1. The largest absolute Gasteiger partial charge is 0.401 e. The van der Waals surface area contributed by atoms with Gasteiger partial charge in [-0.25, -0.2) is 14.2 Å². The van der Waals surface area contributed by atoms with Crippen LogP contribution < -0.4 is 11.0 Å². The monoisotopic (exact) mass is 482 g/mol. The predicted octanol–water partition coefficient (Wildman–Crippen LogP) is 3.98. The van der Waals surface area contributed by atoms with Gasteiger partial charge in [0.25, 0.3) is 0 Å². The minimum absolute atomic E-state index is 0.0342.